The molecule has 1 aromatic heterocycles. The number of aryl methyl sites for hydroxylation is 1. The van der Waals surface area contributed by atoms with Gasteiger partial charge in [0, 0.05) is 44.0 Å². The van der Waals surface area contributed by atoms with E-state index < -0.39 is 0 Å². The third-order valence-corrected chi connectivity index (χ3v) is 5.01. The molecule has 2 aliphatic rings. The molecule has 146 valence electrons. The molecule has 0 amide bonds. The summed E-state index contributed by atoms with van der Waals surface area (Å²) in [6.45, 7) is 6.16. The van der Waals surface area contributed by atoms with Crippen LogP contribution in [0, 0.1) is 12.7 Å². The molecule has 6 nitrogen and oxygen atoms in total. The van der Waals surface area contributed by atoms with Crippen molar-refractivity contribution in [3.63, 3.8) is 0 Å². The summed E-state index contributed by atoms with van der Waals surface area (Å²) < 4.78 is 25.2. The molecule has 1 N–H and O–H groups in total. The fourth-order valence-corrected chi connectivity index (χ4v) is 3.46. The number of morpholine rings is 1. The maximum atomic E-state index is 13.4. The van der Waals surface area contributed by atoms with Gasteiger partial charge in [0.25, 0.3) is 0 Å². The van der Waals surface area contributed by atoms with Crippen LogP contribution < -0.4 is 15.0 Å². The number of hydrogen-bond donors (Lipinski definition) is 1. The number of halogens is 2. The molecule has 1 spiro atoms. The maximum Gasteiger partial charge on any atom is 0.228 e. The van der Waals surface area contributed by atoms with Crippen molar-refractivity contribution in [3.8, 4) is 11.6 Å². The molecule has 0 aliphatic carbocycles. The molecular weight excluding hydrogens is 371 g/mol. The normalized spacial score (nSPS) is 18.8. The molecule has 27 heavy (non-hydrogen) atoms. The van der Waals surface area contributed by atoms with Crippen molar-refractivity contribution in [1.82, 2.24) is 15.3 Å². The van der Waals surface area contributed by atoms with Crippen molar-refractivity contribution in [1.29, 1.82) is 0 Å². The van der Waals surface area contributed by atoms with Crippen LogP contribution in [0.3, 0.4) is 0 Å². The van der Waals surface area contributed by atoms with Gasteiger partial charge in [0.15, 0.2) is 0 Å². The van der Waals surface area contributed by atoms with Gasteiger partial charge in [0.1, 0.15) is 11.6 Å². The first kappa shape index (κ1) is 19.8. The second-order valence-electron chi connectivity index (χ2n) is 6.91. The zero-order valence-electron chi connectivity index (χ0n) is 15.3. The van der Waals surface area contributed by atoms with Crippen molar-refractivity contribution in [2.45, 2.75) is 25.4 Å². The first-order valence-corrected chi connectivity index (χ1v) is 9.00. The molecule has 2 fully saturated rings. The van der Waals surface area contributed by atoms with Gasteiger partial charge in [-0.3, -0.25) is 0 Å². The third-order valence-electron chi connectivity index (χ3n) is 5.01. The third kappa shape index (κ3) is 4.48. The number of anilines is 1. The Bertz CT molecular complexity index is 776. The van der Waals surface area contributed by atoms with Gasteiger partial charge in [0.05, 0.1) is 12.2 Å². The molecular formula is C19H24ClFN4O2. The summed E-state index contributed by atoms with van der Waals surface area (Å²) in [5.74, 6) is 1.19. The lowest BCUT2D eigenvalue weighted by molar-refractivity contribution is -0.0801. The Balaban J connectivity index is 0.00000210. The number of nitrogens with zero attached hydrogens (tertiary/aromatic N) is 3. The summed E-state index contributed by atoms with van der Waals surface area (Å²) in [4.78, 5) is 11.2. The number of ether oxygens (including phenoxy) is 2. The van der Waals surface area contributed by atoms with Crippen LogP contribution >= 0.6 is 12.4 Å². The number of rotatable bonds is 3. The Morgan fingerprint density at radius 3 is 2.81 bits per heavy atom. The average molecular weight is 395 g/mol. The lowest BCUT2D eigenvalue weighted by Gasteiger charge is -2.44. The molecule has 2 aliphatic heterocycles. The van der Waals surface area contributed by atoms with Crippen molar-refractivity contribution >= 4 is 18.4 Å². The summed E-state index contributed by atoms with van der Waals surface area (Å²) in [5.41, 5.74) is 0.756. The van der Waals surface area contributed by atoms with E-state index >= 15 is 0 Å². The van der Waals surface area contributed by atoms with E-state index in [1.165, 1.54) is 12.1 Å². The Kier molecular flexibility index (Phi) is 6.14. The van der Waals surface area contributed by atoms with Gasteiger partial charge in [0.2, 0.25) is 11.8 Å². The van der Waals surface area contributed by atoms with Crippen LogP contribution in [-0.2, 0) is 4.74 Å². The average Bonchev–Trinajstić information content (AvgIpc) is 2.65. The zero-order chi connectivity index (χ0) is 18.0. The predicted octanol–water partition coefficient (Wildman–Crippen LogP) is 3.10. The summed E-state index contributed by atoms with van der Waals surface area (Å²) in [5, 5.41) is 3.42. The lowest BCUT2D eigenvalue weighted by atomic mass is 9.90. The second-order valence-corrected chi connectivity index (χ2v) is 6.91. The molecule has 0 atom stereocenters. The number of benzene rings is 1. The number of hydrogen-bond acceptors (Lipinski definition) is 6. The summed E-state index contributed by atoms with van der Waals surface area (Å²) >= 11 is 0. The molecule has 0 radical (unpaired) electrons. The molecule has 4 rings (SSSR count). The quantitative estimate of drug-likeness (QED) is 0.863. The van der Waals surface area contributed by atoms with Gasteiger partial charge in [-0.1, -0.05) is 6.07 Å². The lowest BCUT2D eigenvalue weighted by Crippen LogP contribution is -2.55. The predicted molar refractivity (Wildman–Crippen MR) is 103 cm³/mol. The number of aromatic nitrogens is 2. The van der Waals surface area contributed by atoms with Gasteiger partial charge in [-0.15, -0.1) is 12.4 Å². The van der Waals surface area contributed by atoms with Gasteiger partial charge in [-0.2, -0.15) is 4.98 Å². The first-order chi connectivity index (χ1) is 12.6. The van der Waals surface area contributed by atoms with Gasteiger partial charge in [-0.25, -0.2) is 9.37 Å². The van der Waals surface area contributed by atoms with Crippen molar-refractivity contribution in [3.05, 3.63) is 41.8 Å². The number of nitrogens with one attached hydrogen (secondary N) is 1. The van der Waals surface area contributed by atoms with Crippen LogP contribution in [0.4, 0.5) is 10.3 Å². The highest BCUT2D eigenvalue weighted by molar-refractivity contribution is 5.85. The fraction of sp³-hybridized carbons (Fsp3) is 0.474. The van der Waals surface area contributed by atoms with Crippen LogP contribution in [-0.4, -0.2) is 48.4 Å². The summed E-state index contributed by atoms with van der Waals surface area (Å²) in [6.07, 6.45) is 3.63. The highest BCUT2D eigenvalue weighted by Crippen LogP contribution is 2.30. The Labute approximate surface area is 164 Å². The smallest absolute Gasteiger partial charge is 0.228 e. The fourth-order valence-electron chi connectivity index (χ4n) is 3.46. The van der Waals surface area contributed by atoms with Crippen LogP contribution in [0.2, 0.25) is 0 Å². The molecule has 0 unspecified atom stereocenters. The summed E-state index contributed by atoms with van der Waals surface area (Å²) in [6, 6.07) is 6.06. The molecule has 1 aromatic carbocycles. The molecule has 2 aromatic rings. The zero-order valence-corrected chi connectivity index (χ0v) is 16.1. The molecule has 0 saturated carbocycles. The van der Waals surface area contributed by atoms with E-state index in [4.69, 9.17) is 9.47 Å². The van der Waals surface area contributed by atoms with Crippen LogP contribution in [0.25, 0.3) is 0 Å². The van der Waals surface area contributed by atoms with E-state index in [0.29, 0.717) is 17.6 Å². The minimum atomic E-state index is -0.336. The maximum absolute atomic E-state index is 13.4. The Morgan fingerprint density at radius 1 is 1.30 bits per heavy atom. The van der Waals surface area contributed by atoms with Crippen LogP contribution in [0.5, 0.6) is 11.6 Å². The summed E-state index contributed by atoms with van der Waals surface area (Å²) in [7, 11) is 0. The first-order valence-electron chi connectivity index (χ1n) is 9.00. The Hall–Kier alpha value is -1.96. The topological polar surface area (TPSA) is 59.5 Å². The monoisotopic (exact) mass is 394 g/mol. The number of piperidine rings is 1. The highest BCUT2D eigenvalue weighted by atomic mass is 35.5. The largest absolute Gasteiger partial charge is 0.438 e. The van der Waals surface area contributed by atoms with Crippen LogP contribution in [0.15, 0.2) is 30.5 Å². The molecule has 0 bridgehead atoms. The van der Waals surface area contributed by atoms with E-state index in [-0.39, 0.29) is 23.8 Å². The highest BCUT2D eigenvalue weighted by Gasteiger charge is 2.37. The van der Waals surface area contributed by atoms with E-state index in [2.05, 4.69) is 20.2 Å². The molecule has 8 heteroatoms. The molecule has 3 heterocycles. The standard InChI is InChI=1S/C19H23FN4O2.ClH/c1-14-12-22-18(23-17(14)26-16-4-2-3-15(20)11-16)24-8-5-19(6-9-24)13-21-7-10-25-19;/h2-4,11-12,21H,5-10,13H2,1H3;1H. The SMILES string of the molecule is Cc1cnc(N2CCC3(CC2)CNCCO3)nc1Oc1cccc(F)c1.Cl. The minimum Gasteiger partial charge on any atom is -0.438 e. The second kappa shape index (κ2) is 8.37. The van der Waals surface area contributed by atoms with Crippen molar-refractivity contribution in [2.24, 2.45) is 0 Å². The minimum absolute atomic E-state index is 0. The van der Waals surface area contributed by atoms with Crippen LogP contribution in [0.1, 0.15) is 18.4 Å². The van der Waals surface area contributed by atoms with E-state index in [1.807, 2.05) is 6.92 Å². The van der Waals surface area contributed by atoms with Crippen molar-refractivity contribution < 1.29 is 13.9 Å². The van der Waals surface area contributed by atoms with E-state index in [0.717, 1.165) is 51.2 Å². The van der Waals surface area contributed by atoms with Gasteiger partial charge in [-0.05, 0) is 31.9 Å². The van der Waals surface area contributed by atoms with Gasteiger partial charge >= 0.3 is 0 Å². The van der Waals surface area contributed by atoms with Gasteiger partial charge < -0.3 is 19.7 Å². The molecule has 2 saturated heterocycles. The Morgan fingerprint density at radius 2 is 2.11 bits per heavy atom. The van der Waals surface area contributed by atoms with Crippen molar-refractivity contribution in [2.75, 3.05) is 37.7 Å². The van der Waals surface area contributed by atoms with E-state index in [1.54, 1.807) is 18.3 Å². The van der Waals surface area contributed by atoms with E-state index in [9.17, 15) is 4.39 Å².